The van der Waals surface area contributed by atoms with Crippen LogP contribution in [0.15, 0.2) is 12.3 Å². The molecule has 6 nitrogen and oxygen atoms in total. The zero-order valence-electron chi connectivity index (χ0n) is 10.1. The molecule has 1 aromatic rings. The second-order valence-electron chi connectivity index (χ2n) is 3.91. The minimum Gasteiger partial charge on any atom is -0.369 e. The van der Waals surface area contributed by atoms with E-state index >= 15 is 0 Å². The summed E-state index contributed by atoms with van der Waals surface area (Å²) in [6.07, 6.45) is 1.66. The van der Waals surface area contributed by atoms with Gasteiger partial charge in [0.1, 0.15) is 5.82 Å². The normalized spacial score (nSPS) is 10.9. The van der Waals surface area contributed by atoms with Crippen LogP contribution in [-0.4, -0.2) is 41.0 Å². The van der Waals surface area contributed by atoms with Gasteiger partial charge in [-0.05, 0) is 27.0 Å². The van der Waals surface area contributed by atoms with Gasteiger partial charge in [-0.15, -0.1) is 0 Å². The van der Waals surface area contributed by atoms with Gasteiger partial charge in [-0.2, -0.15) is 4.98 Å². The van der Waals surface area contributed by atoms with Crippen molar-refractivity contribution in [2.24, 2.45) is 5.84 Å². The van der Waals surface area contributed by atoms with E-state index in [9.17, 15) is 0 Å². The van der Waals surface area contributed by atoms with Crippen molar-refractivity contribution < 1.29 is 0 Å². The molecular formula is C10H20N6. The number of nitrogens with two attached hydrogens (primary N) is 1. The van der Waals surface area contributed by atoms with Gasteiger partial charge < -0.3 is 10.2 Å². The number of nitrogens with zero attached hydrogens (tertiary/aromatic N) is 3. The standard InChI is InChI=1S/C10H20N6/c1-8(2)16(3)7-6-12-9-4-5-13-10(14-9)15-11/h4-5,8H,6-7,11H2,1-3H3,(H2,12,13,14,15). The van der Waals surface area contributed by atoms with Gasteiger partial charge in [0.05, 0.1) is 0 Å². The molecule has 0 fully saturated rings. The molecule has 0 atom stereocenters. The van der Waals surface area contributed by atoms with Crippen LogP contribution in [0.1, 0.15) is 13.8 Å². The van der Waals surface area contributed by atoms with E-state index in [4.69, 9.17) is 5.84 Å². The Labute approximate surface area is 96.2 Å². The van der Waals surface area contributed by atoms with Gasteiger partial charge in [-0.1, -0.05) is 0 Å². The molecular weight excluding hydrogens is 204 g/mol. The largest absolute Gasteiger partial charge is 0.369 e. The van der Waals surface area contributed by atoms with Crippen molar-refractivity contribution in [1.82, 2.24) is 14.9 Å². The first-order valence-electron chi connectivity index (χ1n) is 5.37. The van der Waals surface area contributed by atoms with Gasteiger partial charge in [0.25, 0.3) is 0 Å². The maximum absolute atomic E-state index is 5.22. The summed E-state index contributed by atoms with van der Waals surface area (Å²) in [6.45, 7) is 6.14. The summed E-state index contributed by atoms with van der Waals surface area (Å²) in [5, 5.41) is 3.22. The number of nitrogen functional groups attached to an aromatic ring is 1. The monoisotopic (exact) mass is 224 g/mol. The Morgan fingerprint density at radius 2 is 2.25 bits per heavy atom. The maximum atomic E-state index is 5.22. The first-order chi connectivity index (χ1) is 7.63. The topological polar surface area (TPSA) is 79.1 Å². The molecule has 0 unspecified atom stereocenters. The van der Waals surface area contributed by atoms with Crippen molar-refractivity contribution >= 4 is 11.8 Å². The summed E-state index contributed by atoms with van der Waals surface area (Å²) in [5.41, 5.74) is 2.41. The lowest BCUT2D eigenvalue weighted by atomic mass is 10.3. The number of aromatic nitrogens is 2. The lowest BCUT2D eigenvalue weighted by Crippen LogP contribution is -2.31. The number of anilines is 2. The number of nitrogens with one attached hydrogen (secondary N) is 2. The molecule has 16 heavy (non-hydrogen) atoms. The highest BCUT2D eigenvalue weighted by Gasteiger charge is 2.02. The Hall–Kier alpha value is -1.40. The highest BCUT2D eigenvalue weighted by molar-refractivity contribution is 5.38. The first-order valence-corrected chi connectivity index (χ1v) is 5.37. The van der Waals surface area contributed by atoms with Gasteiger partial charge in [0, 0.05) is 25.3 Å². The smallest absolute Gasteiger partial charge is 0.239 e. The van der Waals surface area contributed by atoms with Crippen LogP contribution in [0.5, 0.6) is 0 Å². The Morgan fingerprint density at radius 3 is 2.88 bits per heavy atom. The van der Waals surface area contributed by atoms with Crippen LogP contribution in [-0.2, 0) is 0 Å². The molecule has 0 bridgehead atoms. The zero-order chi connectivity index (χ0) is 12.0. The molecule has 0 amide bonds. The van der Waals surface area contributed by atoms with Crippen molar-refractivity contribution in [2.75, 3.05) is 30.9 Å². The van der Waals surface area contributed by atoms with Gasteiger partial charge >= 0.3 is 0 Å². The number of rotatable bonds is 6. The van der Waals surface area contributed by atoms with Crippen LogP contribution in [0.3, 0.4) is 0 Å². The molecule has 0 saturated carbocycles. The van der Waals surface area contributed by atoms with Gasteiger partial charge in [0.15, 0.2) is 0 Å². The highest BCUT2D eigenvalue weighted by atomic mass is 15.3. The first kappa shape index (κ1) is 12.7. The number of hydrogen-bond donors (Lipinski definition) is 3. The van der Waals surface area contributed by atoms with E-state index < -0.39 is 0 Å². The fraction of sp³-hybridized carbons (Fsp3) is 0.600. The lowest BCUT2D eigenvalue weighted by molar-refractivity contribution is 0.284. The summed E-state index contributed by atoms with van der Waals surface area (Å²) in [6, 6.07) is 2.37. The van der Waals surface area contributed by atoms with E-state index in [1.165, 1.54) is 0 Å². The van der Waals surface area contributed by atoms with E-state index in [1.54, 1.807) is 6.20 Å². The van der Waals surface area contributed by atoms with Crippen molar-refractivity contribution in [2.45, 2.75) is 19.9 Å². The van der Waals surface area contributed by atoms with Crippen molar-refractivity contribution in [1.29, 1.82) is 0 Å². The SMILES string of the molecule is CC(C)N(C)CCNc1ccnc(NN)n1. The highest BCUT2D eigenvalue weighted by Crippen LogP contribution is 2.03. The Morgan fingerprint density at radius 1 is 1.50 bits per heavy atom. The second kappa shape index (κ2) is 6.24. The number of likely N-dealkylation sites (N-methyl/N-ethyl adjacent to an activating group) is 1. The van der Waals surface area contributed by atoms with Crippen LogP contribution in [0.4, 0.5) is 11.8 Å². The van der Waals surface area contributed by atoms with E-state index in [-0.39, 0.29) is 0 Å². The quantitative estimate of drug-likeness (QED) is 0.483. The summed E-state index contributed by atoms with van der Waals surface area (Å²) < 4.78 is 0. The number of hydrogen-bond acceptors (Lipinski definition) is 6. The Bertz CT molecular complexity index is 314. The predicted octanol–water partition coefficient (Wildman–Crippen LogP) is 0.514. The molecule has 90 valence electrons. The predicted molar refractivity (Wildman–Crippen MR) is 66.1 cm³/mol. The molecule has 0 spiro atoms. The average molecular weight is 224 g/mol. The van der Waals surface area contributed by atoms with Crippen LogP contribution < -0.4 is 16.6 Å². The molecule has 0 aliphatic carbocycles. The van der Waals surface area contributed by atoms with Crippen molar-refractivity contribution in [3.05, 3.63) is 12.3 Å². The zero-order valence-corrected chi connectivity index (χ0v) is 10.1. The number of hydrazine groups is 1. The molecule has 0 aliphatic heterocycles. The lowest BCUT2D eigenvalue weighted by Gasteiger charge is -2.21. The third kappa shape index (κ3) is 4.00. The molecule has 0 aliphatic rings. The minimum atomic E-state index is 0.419. The van der Waals surface area contributed by atoms with Crippen LogP contribution in [0.25, 0.3) is 0 Å². The third-order valence-corrected chi connectivity index (χ3v) is 2.44. The summed E-state index contributed by atoms with van der Waals surface area (Å²) >= 11 is 0. The molecule has 1 aromatic heterocycles. The molecule has 0 radical (unpaired) electrons. The second-order valence-corrected chi connectivity index (χ2v) is 3.91. The summed E-state index contributed by atoms with van der Waals surface area (Å²) in [5.74, 6) is 6.42. The van der Waals surface area contributed by atoms with E-state index in [0.29, 0.717) is 12.0 Å². The summed E-state index contributed by atoms with van der Waals surface area (Å²) in [4.78, 5) is 10.3. The van der Waals surface area contributed by atoms with E-state index in [2.05, 4.69) is 46.5 Å². The van der Waals surface area contributed by atoms with E-state index in [1.807, 2.05) is 6.07 Å². The third-order valence-electron chi connectivity index (χ3n) is 2.44. The molecule has 6 heteroatoms. The molecule has 1 rings (SSSR count). The molecule has 0 saturated heterocycles. The van der Waals surface area contributed by atoms with Crippen LogP contribution in [0.2, 0.25) is 0 Å². The Kier molecular flexibility index (Phi) is 4.94. The van der Waals surface area contributed by atoms with Gasteiger partial charge in [0.2, 0.25) is 5.95 Å². The van der Waals surface area contributed by atoms with E-state index in [0.717, 1.165) is 18.9 Å². The average Bonchev–Trinajstić information content (AvgIpc) is 2.29. The summed E-state index contributed by atoms with van der Waals surface area (Å²) in [7, 11) is 2.10. The fourth-order valence-corrected chi connectivity index (χ4v) is 1.15. The fourth-order valence-electron chi connectivity index (χ4n) is 1.15. The Balaban J connectivity index is 2.37. The van der Waals surface area contributed by atoms with Gasteiger partial charge in [-0.25, -0.2) is 10.8 Å². The maximum Gasteiger partial charge on any atom is 0.239 e. The van der Waals surface area contributed by atoms with Crippen LogP contribution in [0, 0.1) is 0 Å². The molecule has 1 heterocycles. The van der Waals surface area contributed by atoms with Crippen LogP contribution >= 0.6 is 0 Å². The van der Waals surface area contributed by atoms with Crippen molar-refractivity contribution in [3.8, 4) is 0 Å². The molecule has 4 N–H and O–H groups in total. The van der Waals surface area contributed by atoms with Crippen molar-refractivity contribution in [3.63, 3.8) is 0 Å². The minimum absolute atomic E-state index is 0.419. The molecule has 0 aromatic carbocycles. The van der Waals surface area contributed by atoms with Gasteiger partial charge in [-0.3, -0.25) is 5.43 Å².